The molecule has 34 heavy (non-hydrogen) atoms. The molecule has 0 saturated carbocycles. The lowest BCUT2D eigenvalue weighted by molar-refractivity contribution is 0.311. The van der Waals surface area contributed by atoms with Gasteiger partial charge in [0.25, 0.3) is 0 Å². The first kappa shape index (κ1) is 20.9. The zero-order valence-electron chi connectivity index (χ0n) is 19.5. The summed E-state index contributed by atoms with van der Waals surface area (Å²) >= 11 is 0. The molecule has 2 saturated heterocycles. The number of anilines is 3. The van der Waals surface area contributed by atoms with E-state index >= 15 is 0 Å². The molecule has 3 aromatic heterocycles. The Hall–Kier alpha value is -3.72. The van der Waals surface area contributed by atoms with E-state index in [0.717, 1.165) is 86.7 Å². The topological polar surface area (TPSA) is 69.5 Å². The van der Waals surface area contributed by atoms with Crippen LogP contribution in [0.2, 0.25) is 0 Å². The van der Waals surface area contributed by atoms with Crippen molar-refractivity contribution in [3.8, 4) is 5.69 Å². The van der Waals surface area contributed by atoms with E-state index in [1.54, 1.807) is 0 Å². The molecule has 0 bridgehead atoms. The van der Waals surface area contributed by atoms with Crippen molar-refractivity contribution in [3.63, 3.8) is 0 Å². The van der Waals surface area contributed by atoms with Crippen LogP contribution in [-0.4, -0.2) is 89.0 Å². The summed E-state index contributed by atoms with van der Waals surface area (Å²) in [7, 11) is 2.17. The quantitative estimate of drug-likeness (QED) is 0.464. The third-order valence-electron chi connectivity index (χ3n) is 6.74. The average Bonchev–Trinajstić information content (AvgIpc) is 3.34. The number of fused-ring (bicyclic) bond motifs is 1. The number of nitrogens with zero attached hydrogens (tertiary/aromatic N) is 9. The van der Waals surface area contributed by atoms with Crippen LogP contribution >= 0.6 is 0 Å². The van der Waals surface area contributed by atoms with Gasteiger partial charge in [0, 0.05) is 58.6 Å². The number of piperazine rings is 2. The molecule has 2 aliphatic rings. The number of para-hydroxylation sites is 1. The standard InChI is InChI=1S/C25H29N9/c1-30-11-13-33(14-12-30)25-28-23(32-17-15-31(16-18-32)22-9-5-6-10-26-22)21-19-27-34(24(21)29-25)20-7-3-2-4-8-20/h2-10,19H,11-18H2,1H3. The van der Waals surface area contributed by atoms with Gasteiger partial charge in [0.1, 0.15) is 11.6 Å². The molecular weight excluding hydrogens is 426 g/mol. The van der Waals surface area contributed by atoms with Crippen LogP contribution in [0.4, 0.5) is 17.6 Å². The second kappa shape index (κ2) is 8.90. The summed E-state index contributed by atoms with van der Waals surface area (Å²) in [5, 5.41) is 5.72. The van der Waals surface area contributed by atoms with Crippen LogP contribution in [0.5, 0.6) is 0 Å². The number of aromatic nitrogens is 5. The lowest BCUT2D eigenvalue weighted by Crippen LogP contribution is -2.48. The SMILES string of the molecule is CN1CCN(c2nc(N3CCN(c4ccccn4)CC3)c3cnn(-c4ccccc4)c3n2)CC1. The molecule has 174 valence electrons. The Morgan fingerprint density at radius 1 is 0.706 bits per heavy atom. The van der Waals surface area contributed by atoms with Crippen LogP contribution < -0.4 is 14.7 Å². The molecule has 5 heterocycles. The summed E-state index contributed by atoms with van der Waals surface area (Å²) in [5.74, 6) is 2.80. The highest BCUT2D eigenvalue weighted by molar-refractivity contribution is 5.89. The molecule has 0 spiro atoms. The van der Waals surface area contributed by atoms with Crippen LogP contribution in [0.15, 0.2) is 60.9 Å². The van der Waals surface area contributed by atoms with Crippen molar-refractivity contribution in [3.05, 3.63) is 60.9 Å². The number of rotatable bonds is 4. The summed E-state index contributed by atoms with van der Waals surface area (Å²) in [5.41, 5.74) is 1.86. The van der Waals surface area contributed by atoms with Crippen molar-refractivity contribution >= 4 is 28.6 Å². The minimum absolute atomic E-state index is 0.792. The molecule has 0 N–H and O–H groups in total. The van der Waals surface area contributed by atoms with E-state index in [1.807, 2.05) is 47.4 Å². The number of benzene rings is 1. The third-order valence-corrected chi connectivity index (χ3v) is 6.74. The highest BCUT2D eigenvalue weighted by Crippen LogP contribution is 2.29. The fourth-order valence-corrected chi connectivity index (χ4v) is 4.72. The van der Waals surface area contributed by atoms with Crippen molar-refractivity contribution in [2.24, 2.45) is 0 Å². The van der Waals surface area contributed by atoms with Gasteiger partial charge in [-0.15, -0.1) is 0 Å². The maximum atomic E-state index is 5.11. The van der Waals surface area contributed by atoms with Crippen molar-refractivity contribution in [2.75, 3.05) is 74.1 Å². The highest BCUT2D eigenvalue weighted by Gasteiger charge is 2.25. The number of hydrogen-bond acceptors (Lipinski definition) is 8. The van der Waals surface area contributed by atoms with Crippen LogP contribution in [-0.2, 0) is 0 Å². The molecule has 0 atom stereocenters. The summed E-state index contributed by atoms with van der Waals surface area (Å²) in [4.78, 5) is 24.0. The average molecular weight is 456 g/mol. The van der Waals surface area contributed by atoms with Gasteiger partial charge in [-0.25, -0.2) is 9.67 Å². The van der Waals surface area contributed by atoms with Gasteiger partial charge in [0.15, 0.2) is 5.65 Å². The van der Waals surface area contributed by atoms with Gasteiger partial charge in [-0.05, 0) is 31.3 Å². The van der Waals surface area contributed by atoms with Crippen molar-refractivity contribution < 1.29 is 0 Å². The van der Waals surface area contributed by atoms with Gasteiger partial charge in [-0.1, -0.05) is 24.3 Å². The molecule has 1 aromatic carbocycles. The van der Waals surface area contributed by atoms with Crippen molar-refractivity contribution in [1.29, 1.82) is 0 Å². The van der Waals surface area contributed by atoms with E-state index in [-0.39, 0.29) is 0 Å². The monoisotopic (exact) mass is 455 g/mol. The molecule has 9 heteroatoms. The molecule has 4 aromatic rings. The zero-order valence-corrected chi connectivity index (χ0v) is 19.5. The van der Waals surface area contributed by atoms with Crippen molar-refractivity contribution in [1.82, 2.24) is 29.6 Å². The van der Waals surface area contributed by atoms with E-state index < -0.39 is 0 Å². The summed E-state index contributed by atoms with van der Waals surface area (Å²) in [6.07, 6.45) is 3.77. The Morgan fingerprint density at radius 2 is 1.41 bits per heavy atom. The molecule has 0 amide bonds. The fraction of sp³-hybridized carbons (Fsp3) is 0.360. The normalized spacial score (nSPS) is 17.5. The van der Waals surface area contributed by atoms with Crippen LogP contribution in [0.25, 0.3) is 16.7 Å². The first-order valence-corrected chi connectivity index (χ1v) is 11.9. The van der Waals surface area contributed by atoms with Gasteiger partial charge in [0.05, 0.1) is 17.3 Å². The Balaban J connectivity index is 1.36. The van der Waals surface area contributed by atoms with Crippen LogP contribution in [0, 0.1) is 0 Å². The Morgan fingerprint density at radius 3 is 2.15 bits per heavy atom. The van der Waals surface area contributed by atoms with Gasteiger partial charge in [-0.3, -0.25) is 0 Å². The smallest absolute Gasteiger partial charge is 0.229 e. The largest absolute Gasteiger partial charge is 0.353 e. The van der Waals surface area contributed by atoms with E-state index in [4.69, 9.17) is 15.1 Å². The molecule has 9 nitrogen and oxygen atoms in total. The summed E-state index contributed by atoms with van der Waals surface area (Å²) in [6, 6.07) is 16.3. The lowest BCUT2D eigenvalue weighted by atomic mass is 10.2. The Bertz CT molecular complexity index is 1240. The first-order chi connectivity index (χ1) is 16.8. The van der Waals surface area contributed by atoms with Crippen molar-refractivity contribution in [2.45, 2.75) is 0 Å². The van der Waals surface area contributed by atoms with Gasteiger partial charge in [-0.2, -0.15) is 15.1 Å². The molecule has 0 unspecified atom stereocenters. The van der Waals surface area contributed by atoms with E-state index in [0.29, 0.717) is 0 Å². The minimum atomic E-state index is 0.792. The van der Waals surface area contributed by atoms with E-state index in [2.05, 4.69) is 49.8 Å². The second-order valence-electron chi connectivity index (χ2n) is 8.93. The summed E-state index contributed by atoms with van der Waals surface area (Å²) < 4.78 is 1.93. The first-order valence-electron chi connectivity index (χ1n) is 11.9. The van der Waals surface area contributed by atoms with Gasteiger partial charge in [0.2, 0.25) is 5.95 Å². The number of pyridine rings is 1. The molecular formula is C25H29N9. The van der Waals surface area contributed by atoms with Crippen LogP contribution in [0.3, 0.4) is 0 Å². The molecule has 0 radical (unpaired) electrons. The highest BCUT2D eigenvalue weighted by atomic mass is 15.4. The molecule has 2 fully saturated rings. The Kier molecular flexibility index (Phi) is 5.46. The third kappa shape index (κ3) is 3.92. The Labute approximate surface area is 199 Å². The van der Waals surface area contributed by atoms with E-state index in [1.165, 1.54) is 0 Å². The van der Waals surface area contributed by atoms with Gasteiger partial charge < -0.3 is 19.6 Å². The predicted octanol–water partition coefficient (Wildman–Crippen LogP) is 2.29. The predicted molar refractivity (Wildman–Crippen MR) is 135 cm³/mol. The van der Waals surface area contributed by atoms with E-state index in [9.17, 15) is 0 Å². The minimum Gasteiger partial charge on any atom is -0.353 e. The maximum Gasteiger partial charge on any atom is 0.229 e. The number of likely N-dealkylation sites (N-methyl/N-ethyl adjacent to an activating group) is 1. The maximum absolute atomic E-state index is 5.11. The van der Waals surface area contributed by atoms with Gasteiger partial charge >= 0.3 is 0 Å². The molecule has 2 aliphatic heterocycles. The molecule has 6 rings (SSSR count). The van der Waals surface area contributed by atoms with Crippen LogP contribution in [0.1, 0.15) is 0 Å². The fourth-order valence-electron chi connectivity index (χ4n) is 4.72. The lowest BCUT2D eigenvalue weighted by Gasteiger charge is -2.37. The summed E-state index contributed by atoms with van der Waals surface area (Å²) in [6.45, 7) is 7.43. The molecule has 0 aliphatic carbocycles. The second-order valence-corrected chi connectivity index (χ2v) is 8.93. The zero-order chi connectivity index (χ0) is 22.9. The number of hydrogen-bond donors (Lipinski definition) is 0.